The molecule has 2 atom stereocenters. The lowest BCUT2D eigenvalue weighted by Crippen LogP contribution is -2.53. The van der Waals surface area contributed by atoms with Gasteiger partial charge in [-0.3, -0.25) is 4.99 Å². The third-order valence-electron chi connectivity index (χ3n) is 6.32. The van der Waals surface area contributed by atoms with Gasteiger partial charge in [0, 0.05) is 44.7 Å². The number of piperidine rings is 1. The predicted octanol–water partition coefficient (Wildman–Crippen LogP) is 3.85. The second-order valence-electron chi connectivity index (χ2n) is 8.59. The summed E-state index contributed by atoms with van der Waals surface area (Å²) < 4.78 is 17.2. The van der Waals surface area contributed by atoms with E-state index in [1.807, 2.05) is 12.1 Å². The maximum Gasteiger partial charge on any atom is 0.194 e. The van der Waals surface area contributed by atoms with Gasteiger partial charge in [-0.15, -0.1) is 24.0 Å². The van der Waals surface area contributed by atoms with Crippen LogP contribution < -0.4 is 5.32 Å². The summed E-state index contributed by atoms with van der Waals surface area (Å²) in [4.78, 5) is 7.46. The van der Waals surface area contributed by atoms with E-state index >= 15 is 0 Å². The van der Waals surface area contributed by atoms with Crippen molar-refractivity contribution in [2.45, 2.75) is 57.5 Å². The molecule has 1 N–H and O–H groups in total. The summed E-state index contributed by atoms with van der Waals surface area (Å²) in [5, 5.41) is 3.61. The minimum atomic E-state index is 0. The Kier molecular flexibility index (Phi) is 9.11. The van der Waals surface area contributed by atoms with Crippen molar-refractivity contribution in [1.29, 1.82) is 0 Å². The first-order valence-corrected chi connectivity index (χ1v) is 11.1. The number of hydrogen-bond acceptors (Lipinski definition) is 4. The lowest BCUT2D eigenvalue weighted by molar-refractivity contribution is -0.0371. The smallest absolute Gasteiger partial charge is 0.194 e. The molecule has 0 saturated carbocycles. The van der Waals surface area contributed by atoms with Crippen LogP contribution >= 0.6 is 24.0 Å². The molecule has 0 aromatic carbocycles. The molecule has 1 aromatic rings. The molecule has 0 radical (unpaired) electrons. The van der Waals surface area contributed by atoms with Crippen molar-refractivity contribution in [3.63, 3.8) is 0 Å². The Morgan fingerprint density at radius 1 is 1.21 bits per heavy atom. The minimum Gasteiger partial charge on any atom is -0.469 e. The van der Waals surface area contributed by atoms with Gasteiger partial charge in [-0.05, 0) is 57.1 Å². The van der Waals surface area contributed by atoms with Crippen molar-refractivity contribution in [2.24, 2.45) is 10.4 Å². The van der Waals surface area contributed by atoms with Crippen LogP contribution in [-0.4, -0.2) is 63.0 Å². The summed E-state index contributed by atoms with van der Waals surface area (Å²) in [5.41, 5.74) is 0.307. The van der Waals surface area contributed by atoms with Crippen molar-refractivity contribution >= 4 is 29.9 Å². The van der Waals surface area contributed by atoms with Crippen LogP contribution in [0.25, 0.3) is 0 Å². The fourth-order valence-corrected chi connectivity index (χ4v) is 4.78. The third kappa shape index (κ3) is 6.59. The number of ether oxygens (including phenoxy) is 2. The number of nitrogens with zero attached hydrogens (tertiary/aromatic N) is 2. The molecule has 3 saturated heterocycles. The van der Waals surface area contributed by atoms with E-state index in [0.29, 0.717) is 5.41 Å². The molecular formula is C22H36IN3O3. The van der Waals surface area contributed by atoms with Crippen LogP contribution in [0.5, 0.6) is 0 Å². The van der Waals surface area contributed by atoms with Gasteiger partial charge in [0.15, 0.2) is 5.96 Å². The Morgan fingerprint density at radius 3 is 2.90 bits per heavy atom. The molecule has 3 aliphatic rings. The zero-order chi connectivity index (χ0) is 19.1. The molecule has 1 spiro atoms. The van der Waals surface area contributed by atoms with Crippen LogP contribution in [0.1, 0.15) is 50.7 Å². The normalized spacial score (nSPS) is 28.2. The van der Waals surface area contributed by atoms with Crippen LogP contribution in [0.2, 0.25) is 0 Å². The van der Waals surface area contributed by atoms with Crippen LogP contribution in [0.15, 0.2) is 27.8 Å². The van der Waals surface area contributed by atoms with Gasteiger partial charge in [-0.1, -0.05) is 0 Å². The zero-order valence-electron chi connectivity index (χ0n) is 17.4. The van der Waals surface area contributed by atoms with Crippen molar-refractivity contribution in [3.05, 3.63) is 24.2 Å². The Labute approximate surface area is 191 Å². The quantitative estimate of drug-likeness (QED) is 0.366. The maximum atomic E-state index is 5.90. The highest BCUT2D eigenvalue weighted by Crippen LogP contribution is 2.37. The standard InChI is InChI=1S/C22H35N3O3.HI/c1-2-14-28-20(6-1)16-24-21(23-11-8-19-7-3-15-27-19)25-12-4-9-22(17-25)10-5-13-26-18-22;/h3,7,15,20H,1-2,4-6,8-14,16-18H2,(H,23,24);1H. The fourth-order valence-electron chi connectivity index (χ4n) is 4.78. The minimum absolute atomic E-state index is 0. The summed E-state index contributed by atoms with van der Waals surface area (Å²) in [6, 6.07) is 3.98. The molecule has 164 valence electrons. The highest BCUT2D eigenvalue weighted by Gasteiger charge is 2.38. The van der Waals surface area contributed by atoms with E-state index in [2.05, 4.69) is 10.2 Å². The van der Waals surface area contributed by atoms with Crippen LogP contribution in [0.4, 0.5) is 0 Å². The molecule has 7 heteroatoms. The SMILES string of the molecule is I.c1coc(CCNC(=NCC2CCCCO2)N2CCCC3(CCCOC3)C2)c1. The van der Waals surface area contributed by atoms with E-state index in [4.69, 9.17) is 18.9 Å². The van der Waals surface area contributed by atoms with E-state index in [0.717, 1.165) is 70.6 Å². The molecule has 2 unspecified atom stereocenters. The van der Waals surface area contributed by atoms with E-state index in [1.165, 1.54) is 38.5 Å². The number of hydrogen-bond donors (Lipinski definition) is 1. The molecule has 0 bridgehead atoms. The Hall–Kier alpha value is -0.800. The molecule has 4 rings (SSSR count). The van der Waals surface area contributed by atoms with Crippen molar-refractivity contribution < 1.29 is 13.9 Å². The summed E-state index contributed by atoms with van der Waals surface area (Å²) in [6.45, 7) is 6.40. The average molecular weight is 517 g/mol. The first-order valence-electron chi connectivity index (χ1n) is 11.1. The second kappa shape index (κ2) is 11.6. The number of aliphatic imine (C=N–C) groups is 1. The fraction of sp³-hybridized carbons (Fsp3) is 0.773. The summed E-state index contributed by atoms with van der Waals surface area (Å²) >= 11 is 0. The average Bonchev–Trinajstić information content (AvgIpc) is 3.25. The van der Waals surface area contributed by atoms with E-state index in [9.17, 15) is 0 Å². The summed E-state index contributed by atoms with van der Waals surface area (Å²) in [6.07, 6.45) is 11.4. The number of halogens is 1. The lowest BCUT2D eigenvalue weighted by atomic mass is 9.76. The topological polar surface area (TPSA) is 59.2 Å². The molecule has 3 aliphatic heterocycles. The monoisotopic (exact) mass is 517 g/mol. The molecule has 0 aliphatic carbocycles. The predicted molar refractivity (Wildman–Crippen MR) is 125 cm³/mol. The molecule has 6 nitrogen and oxygen atoms in total. The number of furan rings is 1. The third-order valence-corrected chi connectivity index (χ3v) is 6.32. The van der Waals surface area contributed by atoms with Gasteiger partial charge in [0.1, 0.15) is 5.76 Å². The van der Waals surface area contributed by atoms with E-state index in [1.54, 1.807) is 6.26 Å². The van der Waals surface area contributed by atoms with Crippen molar-refractivity contribution in [1.82, 2.24) is 10.2 Å². The molecule has 4 heterocycles. The molecule has 1 aromatic heterocycles. The molecule has 29 heavy (non-hydrogen) atoms. The van der Waals surface area contributed by atoms with Crippen LogP contribution in [0.3, 0.4) is 0 Å². The van der Waals surface area contributed by atoms with Gasteiger partial charge in [0.2, 0.25) is 0 Å². The lowest BCUT2D eigenvalue weighted by Gasteiger charge is -2.45. The summed E-state index contributed by atoms with van der Waals surface area (Å²) in [5.74, 6) is 2.05. The maximum absolute atomic E-state index is 5.90. The van der Waals surface area contributed by atoms with E-state index in [-0.39, 0.29) is 30.1 Å². The van der Waals surface area contributed by atoms with Crippen LogP contribution in [-0.2, 0) is 15.9 Å². The van der Waals surface area contributed by atoms with Gasteiger partial charge in [0.25, 0.3) is 0 Å². The molecule has 3 fully saturated rings. The van der Waals surface area contributed by atoms with Gasteiger partial charge in [-0.25, -0.2) is 0 Å². The van der Waals surface area contributed by atoms with E-state index < -0.39 is 0 Å². The van der Waals surface area contributed by atoms with Gasteiger partial charge in [0.05, 0.1) is 25.5 Å². The number of rotatable bonds is 5. The van der Waals surface area contributed by atoms with Gasteiger partial charge >= 0.3 is 0 Å². The number of likely N-dealkylation sites (tertiary alicyclic amines) is 1. The van der Waals surface area contributed by atoms with Crippen LogP contribution in [0, 0.1) is 5.41 Å². The largest absolute Gasteiger partial charge is 0.469 e. The second-order valence-corrected chi connectivity index (χ2v) is 8.59. The van der Waals surface area contributed by atoms with Gasteiger partial charge in [-0.2, -0.15) is 0 Å². The zero-order valence-corrected chi connectivity index (χ0v) is 19.8. The molecular weight excluding hydrogens is 481 g/mol. The Bertz CT molecular complexity index is 605. The highest BCUT2D eigenvalue weighted by molar-refractivity contribution is 14.0. The number of nitrogens with one attached hydrogen (secondary N) is 1. The Morgan fingerprint density at radius 2 is 2.14 bits per heavy atom. The Balaban J connectivity index is 0.00000240. The first-order chi connectivity index (χ1) is 13.8. The summed E-state index contributed by atoms with van der Waals surface area (Å²) in [7, 11) is 0. The first kappa shape index (κ1) is 22.9. The highest BCUT2D eigenvalue weighted by atomic mass is 127. The molecule has 0 amide bonds. The van der Waals surface area contributed by atoms with Crippen molar-refractivity contribution in [3.8, 4) is 0 Å². The number of guanidine groups is 1. The van der Waals surface area contributed by atoms with Gasteiger partial charge < -0.3 is 24.1 Å². The van der Waals surface area contributed by atoms with Crippen molar-refractivity contribution in [2.75, 3.05) is 46.0 Å².